The van der Waals surface area contributed by atoms with Crippen molar-refractivity contribution in [1.29, 1.82) is 0 Å². The second-order valence-electron chi connectivity index (χ2n) is 7.40. The molecule has 0 spiro atoms. The van der Waals surface area contributed by atoms with Gasteiger partial charge in [0.1, 0.15) is 0 Å². The van der Waals surface area contributed by atoms with Gasteiger partial charge in [-0.1, -0.05) is 19.9 Å². The highest BCUT2D eigenvalue weighted by atomic mass is 32.2. The molecule has 3 rings (SSSR count). The zero-order valence-electron chi connectivity index (χ0n) is 17.1. The second kappa shape index (κ2) is 9.13. The topological polar surface area (TPSA) is 76.9 Å². The Morgan fingerprint density at radius 2 is 1.76 bits per heavy atom. The van der Waals surface area contributed by atoms with Crippen LogP contribution in [0.1, 0.15) is 45.2 Å². The highest BCUT2D eigenvalue weighted by Gasteiger charge is 2.22. The van der Waals surface area contributed by atoms with Gasteiger partial charge < -0.3 is 5.32 Å². The van der Waals surface area contributed by atoms with Crippen LogP contribution in [0.5, 0.6) is 0 Å². The minimum atomic E-state index is -1.31. The Labute approximate surface area is 173 Å². The standard InChI is InChI=1S/C22H26N4O2S/c1-15(2)26-14-21(13-24-26)29(28)20-9-7-19(8-10-20)25-22(27)17(4)16(3)18-6-5-11-23-12-18/h5-17H,1-4H3,(H,25,27)/t16?,17-,29?/m0/s1. The van der Waals surface area contributed by atoms with E-state index in [9.17, 15) is 9.00 Å². The maximum Gasteiger partial charge on any atom is 0.227 e. The van der Waals surface area contributed by atoms with Crippen molar-refractivity contribution >= 4 is 22.4 Å². The lowest BCUT2D eigenvalue weighted by Crippen LogP contribution is -2.24. The molecule has 152 valence electrons. The third kappa shape index (κ3) is 4.98. The molecular weight excluding hydrogens is 384 g/mol. The number of amides is 1. The van der Waals surface area contributed by atoms with Crippen LogP contribution < -0.4 is 5.32 Å². The minimum Gasteiger partial charge on any atom is -0.326 e. The molecule has 1 amide bonds. The zero-order chi connectivity index (χ0) is 21.0. The lowest BCUT2D eigenvalue weighted by molar-refractivity contribution is -0.119. The van der Waals surface area contributed by atoms with Crippen LogP contribution in [-0.4, -0.2) is 24.9 Å². The van der Waals surface area contributed by atoms with Gasteiger partial charge in [0.05, 0.1) is 21.9 Å². The first-order chi connectivity index (χ1) is 13.9. The fourth-order valence-corrected chi connectivity index (χ4v) is 3.92. The smallest absolute Gasteiger partial charge is 0.227 e. The zero-order valence-corrected chi connectivity index (χ0v) is 17.9. The predicted molar refractivity (Wildman–Crippen MR) is 114 cm³/mol. The number of hydrogen-bond acceptors (Lipinski definition) is 4. The van der Waals surface area contributed by atoms with Crippen LogP contribution in [0.2, 0.25) is 0 Å². The summed E-state index contributed by atoms with van der Waals surface area (Å²) in [5, 5.41) is 7.18. The summed E-state index contributed by atoms with van der Waals surface area (Å²) in [7, 11) is -1.31. The van der Waals surface area contributed by atoms with E-state index in [0.29, 0.717) is 15.5 Å². The van der Waals surface area contributed by atoms with E-state index in [4.69, 9.17) is 0 Å². The average molecular weight is 411 g/mol. The molecule has 3 atom stereocenters. The second-order valence-corrected chi connectivity index (χ2v) is 8.88. The van der Waals surface area contributed by atoms with E-state index >= 15 is 0 Å². The van der Waals surface area contributed by atoms with Gasteiger partial charge in [-0.25, -0.2) is 4.21 Å². The van der Waals surface area contributed by atoms with E-state index in [-0.39, 0.29) is 23.8 Å². The molecule has 2 aromatic heterocycles. The first kappa shape index (κ1) is 20.9. The molecule has 0 saturated heterocycles. The van der Waals surface area contributed by atoms with Crippen molar-refractivity contribution in [2.45, 2.75) is 49.4 Å². The van der Waals surface area contributed by atoms with Crippen molar-refractivity contribution < 1.29 is 9.00 Å². The van der Waals surface area contributed by atoms with Gasteiger partial charge >= 0.3 is 0 Å². The van der Waals surface area contributed by atoms with Gasteiger partial charge in [0, 0.05) is 41.1 Å². The van der Waals surface area contributed by atoms with Crippen molar-refractivity contribution in [3.05, 3.63) is 66.7 Å². The maximum atomic E-state index is 12.7. The van der Waals surface area contributed by atoms with Crippen molar-refractivity contribution in [2.75, 3.05) is 5.32 Å². The SMILES string of the molecule is CC(c1cccnc1)[C@H](C)C(=O)Nc1ccc(S(=O)c2cnn(C(C)C)c2)cc1. The lowest BCUT2D eigenvalue weighted by Gasteiger charge is -2.19. The highest BCUT2D eigenvalue weighted by Crippen LogP contribution is 2.25. The van der Waals surface area contributed by atoms with E-state index in [2.05, 4.69) is 15.4 Å². The normalized spacial score (nSPS) is 14.4. The van der Waals surface area contributed by atoms with Crippen molar-refractivity contribution in [1.82, 2.24) is 14.8 Å². The summed E-state index contributed by atoms with van der Waals surface area (Å²) in [6.07, 6.45) is 6.95. The quantitative estimate of drug-likeness (QED) is 0.626. The molecule has 2 unspecified atom stereocenters. The first-order valence-corrected chi connectivity index (χ1v) is 10.8. The molecule has 3 aromatic rings. The number of nitrogens with one attached hydrogen (secondary N) is 1. The Morgan fingerprint density at radius 1 is 1.03 bits per heavy atom. The summed E-state index contributed by atoms with van der Waals surface area (Å²) in [6, 6.07) is 11.2. The van der Waals surface area contributed by atoms with E-state index in [1.54, 1.807) is 53.7 Å². The van der Waals surface area contributed by atoms with Crippen LogP contribution >= 0.6 is 0 Å². The van der Waals surface area contributed by atoms with Crippen molar-refractivity contribution in [3.8, 4) is 0 Å². The summed E-state index contributed by atoms with van der Waals surface area (Å²) in [5.41, 5.74) is 1.71. The average Bonchev–Trinajstić information content (AvgIpc) is 3.24. The van der Waals surface area contributed by atoms with Gasteiger partial charge in [0.25, 0.3) is 0 Å². The van der Waals surface area contributed by atoms with E-state index in [1.165, 1.54) is 0 Å². The molecule has 0 radical (unpaired) electrons. The molecule has 0 bridgehead atoms. The molecule has 1 aromatic carbocycles. The first-order valence-electron chi connectivity index (χ1n) is 9.63. The molecule has 0 aliphatic rings. The number of anilines is 1. The Balaban J connectivity index is 1.65. The van der Waals surface area contributed by atoms with Crippen molar-refractivity contribution in [3.63, 3.8) is 0 Å². The number of carbonyl (C=O) groups is 1. The lowest BCUT2D eigenvalue weighted by atomic mass is 9.89. The van der Waals surface area contributed by atoms with Gasteiger partial charge in [0.2, 0.25) is 5.91 Å². The van der Waals surface area contributed by atoms with Gasteiger partial charge in [-0.15, -0.1) is 0 Å². The molecule has 6 nitrogen and oxygen atoms in total. The van der Waals surface area contributed by atoms with Crippen LogP contribution in [-0.2, 0) is 15.6 Å². The fourth-order valence-electron chi connectivity index (χ4n) is 2.91. The third-order valence-electron chi connectivity index (χ3n) is 5.03. The minimum absolute atomic E-state index is 0.0490. The van der Waals surface area contributed by atoms with Crippen LogP contribution in [0, 0.1) is 5.92 Å². The number of carbonyl (C=O) groups excluding carboxylic acids is 1. The summed E-state index contributed by atoms with van der Waals surface area (Å²) in [5.74, 6) is -0.226. The number of benzene rings is 1. The van der Waals surface area contributed by atoms with Crippen LogP contribution in [0.15, 0.2) is 71.0 Å². The largest absolute Gasteiger partial charge is 0.326 e. The van der Waals surface area contributed by atoms with Crippen LogP contribution in [0.4, 0.5) is 5.69 Å². The summed E-state index contributed by atoms with van der Waals surface area (Å²) in [6.45, 7) is 7.97. The molecule has 1 N–H and O–H groups in total. The van der Waals surface area contributed by atoms with Crippen molar-refractivity contribution in [2.24, 2.45) is 5.92 Å². The molecular formula is C22H26N4O2S. The summed E-state index contributed by atoms with van der Waals surface area (Å²) in [4.78, 5) is 18.1. The molecule has 0 saturated carbocycles. The highest BCUT2D eigenvalue weighted by molar-refractivity contribution is 7.85. The summed E-state index contributed by atoms with van der Waals surface area (Å²) >= 11 is 0. The van der Waals surface area contributed by atoms with E-state index in [1.807, 2.05) is 39.8 Å². The Bertz CT molecular complexity index is 984. The molecule has 29 heavy (non-hydrogen) atoms. The van der Waals surface area contributed by atoms with Gasteiger partial charge in [0.15, 0.2) is 0 Å². The van der Waals surface area contributed by atoms with Crippen LogP contribution in [0.25, 0.3) is 0 Å². The maximum absolute atomic E-state index is 12.7. The number of pyridine rings is 1. The number of rotatable bonds is 7. The number of hydrogen-bond donors (Lipinski definition) is 1. The van der Waals surface area contributed by atoms with Crippen LogP contribution in [0.3, 0.4) is 0 Å². The Kier molecular flexibility index (Phi) is 6.59. The Hall–Kier alpha value is -2.80. The Morgan fingerprint density at radius 3 is 2.34 bits per heavy atom. The van der Waals surface area contributed by atoms with E-state index in [0.717, 1.165) is 5.56 Å². The molecule has 0 aliphatic carbocycles. The van der Waals surface area contributed by atoms with Gasteiger partial charge in [-0.05, 0) is 55.7 Å². The van der Waals surface area contributed by atoms with Gasteiger partial charge in [-0.3, -0.25) is 14.5 Å². The predicted octanol–water partition coefficient (Wildman–Crippen LogP) is 4.40. The molecule has 2 heterocycles. The van der Waals surface area contributed by atoms with E-state index < -0.39 is 10.8 Å². The molecule has 0 aliphatic heterocycles. The fraction of sp³-hybridized carbons (Fsp3) is 0.318. The number of aromatic nitrogens is 3. The van der Waals surface area contributed by atoms with Gasteiger partial charge in [-0.2, -0.15) is 5.10 Å². The summed E-state index contributed by atoms with van der Waals surface area (Å²) < 4.78 is 14.5. The number of nitrogens with zero attached hydrogens (tertiary/aromatic N) is 3. The molecule has 0 fully saturated rings. The third-order valence-corrected chi connectivity index (χ3v) is 6.37. The molecule has 7 heteroatoms. The monoisotopic (exact) mass is 410 g/mol.